The molecule has 1 aromatic heterocycles. The van der Waals surface area contributed by atoms with Gasteiger partial charge >= 0.3 is 0 Å². The van der Waals surface area contributed by atoms with E-state index in [-0.39, 0.29) is 0 Å². The van der Waals surface area contributed by atoms with E-state index in [4.69, 9.17) is 0 Å². The highest BCUT2D eigenvalue weighted by Crippen LogP contribution is 1.95. The minimum atomic E-state index is 0.675. The Kier molecular flexibility index (Phi) is 4.91. The third-order valence-electron chi connectivity index (χ3n) is 3.28. The van der Waals surface area contributed by atoms with Crippen LogP contribution < -0.4 is 4.57 Å². The van der Waals surface area contributed by atoms with Gasteiger partial charge < -0.3 is 0 Å². The molecule has 0 atom stereocenters. The van der Waals surface area contributed by atoms with Crippen LogP contribution in [0.5, 0.6) is 0 Å². The summed E-state index contributed by atoms with van der Waals surface area (Å²) >= 11 is 0. The molecule has 3 rings (SSSR count). The van der Waals surface area contributed by atoms with Crippen LogP contribution in [0.2, 0.25) is 0 Å². The van der Waals surface area contributed by atoms with Gasteiger partial charge in [-0.3, -0.25) is 0 Å². The van der Waals surface area contributed by atoms with Crippen LogP contribution in [0.25, 0.3) is 0 Å². The Morgan fingerprint density at radius 3 is 2.04 bits per heavy atom. The molecule has 23 heavy (non-hydrogen) atoms. The van der Waals surface area contributed by atoms with Crippen LogP contribution in [0.1, 0.15) is 11.1 Å². The summed E-state index contributed by atoms with van der Waals surface area (Å²) < 4.78 is 4.11. The highest BCUT2D eigenvalue weighted by atomic mass is 15.1. The van der Waals surface area contributed by atoms with Crippen molar-refractivity contribution in [1.82, 2.24) is 4.57 Å². The normalized spacial score (nSPS) is 9.39. The Morgan fingerprint density at radius 1 is 0.783 bits per heavy atom. The summed E-state index contributed by atoms with van der Waals surface area (Å²) in [6.07, 6.45) is 6.06. The Labute approximate surface area is 137 Å². The first-order valence-electron chi connectivity index (χ1n) is 7.53. The summed E-state index contributed by atoms with van der Waals surface area (Å²) in [6, 6.07) is 20.1. The summed E-state index contributed by atoms with van der Waals surface area (Å²) in [6.45, 7) is 1.35. The number of nitrogens with zero attached hydrogens (tertiary/aromatic N) is 2. The minimum absolute atomic E-state index is 0.675. The molecular weight excluding hydrogens is 280 g/mol. The quantitative estimate of drug-likeness (QED) is 0.508. The van der Waals surface area contributed by atoms with E-state index < -0.39 is 0 Å². The van der Waals surface area contributed by atoms with E-state index in [9.17, 15) is 0 Å². The van der Waals surface area contributed by atoms with Crippen LogP contribution in [0.3, 0.4) is 0 Å². The second-order valence-corrected chi connectivity index (χ2v) is 5.09. The molecule has 3 aromatic rings. The molecule has 1 heterocycles. The van der Waals surface area contributed by atoms with Crippen molar-refractivity contribution in [3.8, 4) is 23.7 Å². The molecule has 0 spiro atoms. The first-order valence-corrected chi connectivity index (χ1v) is 7.53. The number of rotatable bonds is 2. The monoisotopic (exact) mass is 297 g/mol. The summed E-state index contributed by atoms with van der Waals surface area (Å²) in [5.41, 5.74) is 2.09. The summed E-state index contributed by atoms with van der Waals surface area (Å²) in [5, 5.41) is 0. The first kappa shape index (κ1) is 14.7. The zero-order valence-electron chi connectivity index (χ0n) is 12.8. The van der Waals surface area contributed by atoms with Crippen molar-refractivity contribution in [2.45, 2.75) is 13.1 Å². The van der Waals surface area contributed by atoms with Gasteiger partial charge in [0.05, 0.1) is 0 Å². The topological polar surface area (TPSA) is 8.81 Å². The van der Waals surface area contributed by atoms with Gasteiger partial charge in [-0.15, -0.1) is 0 Å². The average molecular weight is 297 g/mol. The molecule has 2 aromatic carbocycles. The highest BCUT2D eigenvalue weighted by molar-refractivity contribution is 5.34. The van der Waals surface area contributed by atoms with Gasteiger partial charge in [0.1, 0.15) is 12.4 Å². The highest BCUT2D eigenvalue weighted by Gasteiger charge is 1.99. The van der Waals surface area contributed by atoms with Crippen molar-refractivity contribution in [2.75, 3.05) is 0 Å². The van der Waals surface area contributed by atoms with Crippen molar-refractivity contribution < 1.29 is 4.57 Å². The molecule has 0 N–H and O–H groups in total. The lowest BCUT2D eigenvalue weighted by Crippen LogP contribution is -2.30. The Bertz CT molecular complexity index is 795. The van der Waals surface area contributed by atoms with Gasteiger partial charge in [-0.1, -0.05) is 60.1 Å². The average Bonchev–Trinajstić information content (AvgIpc) is 3.05. The number of hydrogen-bond acceptors (Lipinski definition) is 0. The molecule has 0 aliphatic rings. The van der Waals surface area contributed by atoms with E-state index in [1.165, 1.54) is 0 Å². The molecular formula is C21H17N2+. The minimum Gasteiger partial charge on any atom is -0.226 e. The SMILES string of the molecule is C(#Cc1ccccc1)Cn1cc[n+](CC#Cc2ccccc2)c1. The molecule has 0 aliphatic carbocycles. The van der Waals surface area contributed by atoms with Gasteiger partial charge in [-0.05, 0) is 24.3 Å². The molecule has 0 amide bonds. The fourth-order valence-corrected chi connectivity index (χ4v) is 2.13. The van der Waals surface area contributed by atoms with E-state index in [1.54, 1.807) is 0 Å². The predicted octanol–water partition coefficient (Wildman–Crippen LogP) is 2.88. The zero-order chi connectivity index (χ0) is 15.7. The number of benzene rings is 2. The fraction of sp³-hybridized carbons (Fsp3) is 0.0952. The van der Waals surface area contributed by atoms with E-state index >= 15 is 0 Å². The van der Waals surface area contributed by atoms with Gasteiger partial charge in [0.2, 0.25) is 6.33 Å². The summed E-state index contributed by atoms with van der Waals surface area (Å²) in [4.78, 5) is 0. The Balaban J connectivity index is 1.57. The van der Waals surface area contributed by atoms with Crippen LogP contribution in [0.15, 0.2) is 79.4 Å². The molecule has 0 aliphatic heterocycles. The largest absolute Gasteiger partial charge is 0.245 e. The lowest BCUT2D eigenvalue weighted by atomic mass is 10.2. The van der Waals surface area contributed by atoms with Crippen molar-refractivity contribution in [3.63, 3.8) is 0 Å². The second kappa shape index (κ2) is 7.69. The van der Waals surface area contributed by atoms with Gasteiger partial charge in [0.15, 0.2) is 13.1 Å². The second-order valence-electron chi connectivity index (χ2n) is 5.09. The molecule has 0 saturated heterocycles. The number of aromatic nitrogens is 2. The van der Waals surface area contributed by atoms with E-state index in [0.29, 0.717) is 13.1 Å². The van der Waals surface area contributed by atoms with Crippen LogP contribution in [-0.4, -0.2) is 4.57 Å². The Hall–Kier alpha value is -3.23. The van der Waals surface area contributed by atoms with Gasteiger partial charge in [-0.2, -0.15) is 0 Å². The van der Waals surface area contributed by atoms with Gasteiger partial charge in [0.25, 0.3) is 0 Å². The standard InChI is InChI=1S/C21H17N2/c1-3-9-20(10-4-1)13-7-15-22-17-18-23(19-22)16-8-14-21-11-5-2-6-12-21/h1-6,9-12,17-19H,15-16H2/q+1. The van der Waals surface area contributed by atoms with E-state index in [0.717, 1.165) is 11.1 Å². The predicted molar refractivity (Wildman–Crippen MR) is 91.3 cm³/mol. The molecule has 2 nitrogen and oxygen atoms in total. The van der Waals surface area contributed by atoms with E-state index in [2.05, 4.69) is 32.8 Å². The maximum Gasteiger partial charge on any atom is 0.245 e. The van der Waals surface area contributed by atoms with Crippen molar-refractivity contribution in [3.05, 3.63) is 90.5 Å². The lowest BCUT2D eigenvalue weighted by molar-refractivity contribution is -0.684. The van der Waals surface area contributed by atoms with Crippen molar-refractivity contribution >= 4 is 0 Å². The first-order chi connectivity index (χ1) is 11.4. The third-order valence-corrected chi connectivity index (χ3v) is 3.28. The zero-order valence-corrected chi connectivity index (χ0v) is 12.8. The molecule has 0 saturated carbocycles. The fourth-order valence-electron chi connectivity index (χ4n) is 2.13. The van der Waals surface area contributed by atoms with Gasteiger partial charge in [0, 0.05) is 11.1 Å². The molecule has 0 unspecified atom stereocenters. The van der Waals surface area contributed by atoms with Crippen LogP contribution in [0.4, 0.5) is 0 Å². The van der Waals surface area contributed by atoms with Crippen molar-refractivity contribution in [1.29, 1.82) is 0 Å². The van der Waals surface area contributed by atoms with Crippen LogP contribution in [-0.2, 0) is 13.1 Å². The smallest absolute Gasteiger partial charge is 0.226 e. The Morgan fingerprint density at radius 2 is 1.39 bits per heavy atom. The van der Waals surface area contributed by atoms with E-state index in [1.807, 2.05) is 79.4 Å². The maximum atomic E-state index is 3.18. The molecule has 110 valence electrons. The molecule has 0 bridgehead atoms. The van der Waals surface area contributed by atoms with Crippen molar-refractivity contribution in [2.24, 2.45) is 0 Å². The number of hydrogen-bond donors (Lipinski definition) is 0. The molecule has 2 heteroatoms. The van der Waals surface area contributed by atoms with Crippen LogP contribution in [0, 0.1) is 23.7 Å². The number of imidazole rings is 1. The molecule has 0 fully saturated rings. The summed E-state index contributed by atoms with van der Waals surface area (Å²) in [7, 11) is 0. The summed E-state index contributed by atoms with van der Waals surface area (Å²) in [5.74, 6) is 12.7. The lowest BCUT2D eigenvalue weighted by Gasteiger charge is -1.88. The van der Waals surface area contributed by atoms with Gasteiger partial charge in [-0.25, -0.2) is 9.13 Å². The maximum absolute atomic E-state index is 3.18. The molecule has 0 radical (unpaired) electrons. The third kappa shape index (κ3) is 4.63. The van der Waals surface area contributed by atoms with Crippen LogP contribution >= 0.6 is 0 Å².